The molecule has 1 aliphatic heterocycles. The molecule has 3 rings (SSSR count). The van der Waals surface area contributed by atoms with E-state index in [0.29, 0.717) is 13.1 Å². The van der Waals surface area contributed by atoms with Crippen molar-refractivity contribution in [3.8, 4) is 0 Å². The molecule has 0 saturated carbocycles. The summed E-state index contributed by atoms with van der Waals surface area (Å²) in [6, 6.07) is 10.4. The van der Waals surface area contributed by atoms with Crippen LogP contribution in [-0.4, -0.2) is 51.1 Å². The van der Waals surface area contributed by atoms with Crippen LogP contribution in [-0.2, 0) is 10.0 Å². The van der Waals surface area contributed by atoms with Crippen LogP contribution in [0.25, 0.3) is 0 Å². The molecule has 2 aromatic carbocycles. The van der Waals surface area contributed by atoms with Crippen molar-refractivity contribution in [2.45, 2.75) is 23.9 Å². The molecule has 12 heteroatoms. The van der Waals surface area contributed by atoms with E-state index in [1.54, 1.807) is 28.4 Å². The number of urea groups is 1. The second kappa shape index (κ2) is 9.47. The normalized spacial score (nSPS) is 14.2. The Morgan fingerprint density at radius 3 is 2.12 bits per heavy atom. The number of carbonyl (C=O) groups is 2. The number of likely N-dealkylation sites (tertiary alicyclic amines) is 1. The predicted octanol–water partition coefficient (Wildman–Crippen LogP) is 3.41. The highest BCUT2D eigenvalue weighted by molar-refractivity contribution is 7.92. The first-order valence-electron chi connectivity index (χ1n) is 9.68. The van der Waals surface area contributed by atoms with E-state index in [1.165, 1.54) is 6.07 Å². The van der Waals surface area contributed by atoms with E-state index >= 15 is 0 Å². The quantitative estimate of drug-likeness (QED) is 0.601. The van der Waals surface area contributed by atoms with E-state index in [0.717, 1.165) is 37.1 Å². The van der Waals surface area contributed by atoms with Crippen LogP contribution in [0.1, 0.15) is 23.2 Å². The van der Waals surface area contributed by atoms with Crippen LogP contribution in [0.5, 0.6) is 0 Å². The number of sulfonamides is 1. The molecule has 2 aromatic rings. The fourth-order valence-electron chi connectivity index (χ4n) is 3.07. The van der Waals surface area contributed by atoms with Gasteiger partial charge in [-0.25, -0.2) is 13.2 Å². The molecule has 8 nitrogen and oxygen atoms in total. The Bertz CT molecular complexity index is 1080. The van der Waals surface area contributed by atoms with Gasteiger partial charge in [0.2, 0.25) is 0 Å². The van der Waals surface area contributed by atoms with Gasteiger partial charge in [-0.1, -0.05) is 12.1 Å². The number of hydrogen-bond acceptors (Lipinski definition) is 4. The summed E-state index contributed by atoms with van der Waals surface area (Å²) in [5.74, 6) is -0.978. The SMILES string of the molecule is O=C(NCC(F)(F)F)c1ccc(S(=O)(=O)Nc2ccccc2NC(=O)N2CCCC2)cc1. The van der Waals surface area contributed by atoms with Gasteiger partial charge in [0.05, 0.1) is 16.3 Å². The van der Waals surface area contributed by atoms with Crippen molar-refractivity contribution in [2.75, 3.05) is 29.7 Å². The molecule has 0 radical (unpaired) electrons. The summed E-state index contributed by atoms with van der Waals surface area (Å²) in [4.78, 5) is 25.6. The summed E-state index contributed by atoms with van der Waals surface area (Å²) in [6.07, 6.45) is -2.74. The number of halogens is 3. The van der Waals surface area contributed by atoms with Gasteiger partial charge in [-0.05, 0) is 49.2 Å². The largest absolute Gasteiger partial charge is 0.405 e. The number of nitrogens with one attached hydrogen (secondary N) is 3. The highest BCUT2D eigenvalue weighted by Crippen LogP contribution is 2.25. The topological polar surface area (TPSA) is 108 Å². The Balaban J connectivity index is 1.71. The summed E-state index contributed by atoms with van der Waals surface area (Å²) in [5, 5.41) is 4.40. The van der Waals surface area contributed by atoms with Crippen LogP contribution in [0.3, 0.4) is 0 Å². The molecule has 0 aliphatic carbocycles. The number of benzene rings is 2. The molecule has 0 spiro atoms. The summed E-state index contributed by atoms with van der Waals surface area (Å²) in [6.45, 7) is -0.237. The van der Waals surface area contributed by atoms with Gasteiger partial charge in [0.25, 0.3) is 15.9 Å². The third kappa shape index (κ3) is 6.13. The van der Waals surface area contributed by atoms with E-state index in [1.807, 2.05) is 0 Å². The maximum atomic E-state index is 12.8. The minimum absolute atomic E-state index is 0.119. The van der Waals surface area contributed by atoms with Crippen molar-refractivity contribution in [1.82, 2.24) is 10.2 Å². The summed E-state index contributed by atoms with van der Waals surface area (Å²) in [7, 11) is -4.10. The third-order valence-electron chi connectivity index (χ3n) is 4.68. The summed E-state index contributed by atoms with van der Waals surface area (Å²) >= 11 is 0. The molecule has 3 N–H and O–H groups in total. The minimum atomic E-state index is -4.56. The second-order valence-electron chi connectivity index (χ2n) is 7.10. The van der Waals surface area contributed by atoms with E-state index in [-0.39, 0.29) is 27.9 Å². The van der Waals surface area contributed by atoms with Crippen LogP contribution >= 0.6 is 0 Å². The van der Waals surface area contributed by atoms with Crippen LogP contribution < -0.4 is 15.4 Å². The first-order chi connectivity index (χ1) is 15.0. The zero-order chi connectivity index (χ0) is 23.4. The number of rotatable bonds is 6. The minimum Gasteiger partial charge on any atom is -0.343 e. The van der Waals surface area contributed by atoms with Gasteiger partial charge >= 0.3 is 12.2 Å². The van der Waals surface area contributed by atoms with Crippen molar-refractivity contribution in [3.63, 3.8) is 0 Å². The molecule has 0 atom stereocenters. The van der Waals surface area contributed by atoms with Gasteiger partial charge in [-0.15, -0.1) is 0 Å². The van der Waals surface area contributed by atoms with E-state index in [9.17, 15) is 31.2 Å². The number of hydrogen-bond donors (Lipinski definition) is 3. The number of para-hydroxylation sites is 2. The zero-order valence-electron chi connectivity index (χ0n) is 16.8. The molecule has 0 bridgehead atoms. The van der Waals surface area contributed by atoms with Crippen molar-refractivity contribution in [3.05, 3.63) is 54.1 Å². The van der Waals surface area contributed by atoms with Gasteiger partial charge in [-0.2, -0.15) is 13.2 Å². The number of carbonyl (C=O) groups excluding carboxylic acids is 2. The van der Waals surface area contributed by atoms with Gasteiger partial charge in [-0.3, -0.25) is 9.52 Å². The lowest BCUT2D eigenvalue weighted by atomic mass is 10.2. The molecular formula is C20H21F3N4O4S. The molecule has 0 aromatic heterocycles. The average Bonchev–Trinajstić information content (AvgIpc) is 3.28. The standard InChI is InChI=1S/C20H21F3N4O4S/c21-20(22,23)13-24-18(28)14-7-9-15(10-8-14)32(30,31)26-17-6-2-1-5-16(17)25-19(29)27-11-3-4-12-27/h1-2,5-10,26H,3-4,11-13H2,(H,24,28)(H,25,29). The molecular weight excluding hydrogens is 449 g/mol. The highest BCUT2D eigenvalue weighted by atomic mass is 32.2. The Morgan fingerprint density at radius 1 is 0.938 bits per heavy atom. The number of anilines is 2. The van der Waals surface area contributed by atoms with Crippen molar-refractivity contribution >= 4 is 33.3 Å². The molecule has 172 valence electrons. The van der Waals surface area contributed by atoms with Gasteiger partial charge in [0.15, 0.2) is 0 Å². The average molecular weight is 470 g/mol. The van der Waals surface area contributed by atoms with Gasteiger partial charge in [0, 0.05) is 18.7 Å². The van der Waals surface area contributed by atoms with Crippen molar-refractivity contribution in [1.29, 1.82) is 0 Å². The zero-order valence-corrected chi connectivity index (χ0v) is 17.6. The molecule has 1 saturated heterocycles. The lowest BCUT2D eigenvalue weighted by Crippen LogP contribution is -2.33. The van der Waals surface area contributed by atoms with Crippen LogP contribution in [0.4, 0.5) is 29.3 Å². The predicted molar refractivity (Wildman–Crippen MR) is 112 cm³/mol. The molecule has 0 unspecified atom stereocenters. The van der Waals surface area contributed by atoms with Crippen molar-refractivity contribution < 1.29 is 31.2 Å². The Morgan fingerprint density at radius 2 is 1.53 bits per heavy atom. The number of nitrogens with zero attached hydrogens (tertiary/aromatic N) is 1. The summed E-state index contributed by atoms with van der Waals surface area (Å²) < 4.78 is 64.6. The number of alkyl halides is 3. The lowest BCUT2D eigenvalue weighted by Gasteiger charge is -2.18. The van der Waals surface area contributed by atoms with Gasteiger partial charge < -0.3 is 15.5 Å². The molecule has 32 heavy (non-hydrogen) atoms. The van der Waals surface area contributed by atoms with Crippen LogP contribution in [0.15, 0.2) is 53.4 Å². The van der Waals surface area contributed by atoms with E-state index in [2.05, 4.69) is 10.0 Å². The Labute approximate surface area is 182 Å². The van der Waals surface area contributed by atoms with Crippen LogP contribution in [0, 0.1) is 0 Å². The lowest BCUT2D eigenvalue weighted by molar-refractivity contribution is -0.123. The van der Waals surface area contributed by atoms with E-state index in [4.69, 9.17) is 0 Å². The smallest absolute Gasteiger partial charge is 0.343 e. The second-order valence-corrected chi connectivity index (χ2v) is 8.78. The number of amides is 3. The maximum absolute atomic E-state index is 12.8. The first-order valence-corrected chi connectivity index (χ1v) is 11.2. The van der Waals surface area contributed by atoms with Gasteiger partial charge in [0.1, 0.15) is 6.54 Å². The van der Waals surface area contributed by atoms with E-state index < -0.39 is 28.7 Å². The highest BCUT2D eigenvalue weighted by Gasteiger charge is 2.28. The fraction of sp³-hybridized carbons (Fsp3) is 0.300. The molecule has 3 amide bonds. The Hall–Kier alpha value is -3.28. The van der Waals surface area contributed by atoms with Crippen molar-refractivity contribution in [2.24, 2.45) is 0 Å². The van der Waals surface area contributed by atoms with Crippen LogP contribution in [0.2, 0.25) is 0 Å². The maximum Gasteiger partial charge on any atom is 0.405 e. The first kappa shape index (κ1) is 23.4. The molecule has 1 aliphatic rings. The molecule has 1 heterocycles. The Kier molecular flexibility index (Phi) is 6.92. The molecule has 1 fully saturated rings. The monoisotopic (exact) mass is 470 g/mol. The summed E-state index contributed by atoms with van der Waals surface area (Å²) in [5.41, 5.74) is 0.301. The third-order valence-corrected chi connectivity index (χ3v) is 6.06. The fourth-order valence-corrected chi connectivity index (χ4v) is 4.15.